The van der Waals surface area contributed by atoms with E-state index in [1.807, 2.05) is 109 Å². The van der Waals surface area contributed by atoms with Gasteiger partial charge in [-0.1, -0.05) is 116 Å². The van der Waals surface area contributed by atoms with Crippen LogP contribution in [0.3, 0.4) is 0 Å². The predicted octanol–water partition coefficient (Wildman–Crippen LogP) is 9.38. The molecule has 0 bridgehead atoms. The molecule has 0 saturated heterocycles. The summed E-state index contributed by atoms with van der Waals surface area (Å²) < 4.78 is 5.72. The molecule has 7 heteroatoms. The molecule has 7 nitrogen and oxygen atoms in total. The molecule has 2 N–H and O–H groups in total. The third-order valence-corrected chi connectivity index (χ3v) is 8.03. The summed E-state index contributed by atoms with van der Waals surface area (Å²) in [4.78, 5) is 26.8. The number of hydrogen-bond acceptors (Lipinski definition) is 7. The van der Waals surface area contributed by atoms with Gasteiger partial charge < -0.3 is 14.9 Å². The lowest BCUT2D eigenvalue weighted by Gasteiger charge is -2.14. The number of hydrogen-bond donors (Lipinski definition) is 2. The smallest absolute Gasteiger partial charge is 0.335 e. The van der Waals surface area contributed by atoms with E-state index in [0.717, 1.165) is 39.5 Å². The van der Waals surface area contributed by atoms with Crippen LogP contribution in [0, 0.1) is 0 Å². The molecular formula is C42H29N3O4. The third-order valence-electron chi connectivity index (χ3n) is 8.03. The van der Waals surface area contributed by atoms with Crippen molar-refractivity contribution in [1.82, 2.24) is 15.0 Å². The molecule has 0 saturated carbocycles. The maximum atomic E-state index is 12.5. The van der Waals surface area contributed by atoms with Gasteiger partial charge in [-0.15, -0.1) is 0 Å². The minimum absolute atomic E-state index is 0.0363. The van der Waals surface area contributed by atoms with Crippen molar-refractivity contribution < 1.29 is 19.7 Å². The fourth-order valence-corrected chi connectivity index (χ4v) is 5.55. The number of aromatic nitrogens is 3. The zero-order chi connectivity index (χ0) is 33.7. The predicted molar refractivity (Wildman–Crippen MR) is 192 cm³/mol. The van der Waals surface area contributed by atoms with Gasteiger partial charge in [-0.25, -0.2) is 19.7 Å². The Morgan fingerprint density at radius 2 is 0.857 bits per heavy atom. The van der Waals surface area contributed by atoms with Crippen LogP contribution in [-0.2, 0) is 4.79 Å². The molecule has 0 spiro atoms. The van der Waals surface area contributed by atoms with Crippen molar-refractivity contribution in [2.75, 3.05) is 0 Å². The number of carbonyl (C=O) groups is 1. The van der Waals surface area contributed by atoms with Gasteiger partial charge in [0.2, 0.25) is 0 Å². The van der Waals surface area contributed by atoms with E-state index in [2.05, 4.69) is 6.58 Å². The number of esters is 1. The second-order valence-corrected chi connectivity index (χ2v) is 11.2. The van der Waals surface area contributed by atoms with Crippen LogP contribution in [-0.4, -0.2) is 31.1 Å². The summed E-state index contributed by atoms with van der Waals surface area (Å²) in [5, 5.41) is 22.6. The molecule has 0 atom stereocenters. The zero-order valence-electron chi connectivity index (χ0n) is 26.2. The average molecular weight is 640 g/mol. The van der Waals surface area contributed by atoms with Crippen molar-refractivity contribution in [2.24, 2.45) is 0 Å². The lowest BCUT2D eigenvalue weighted by molar-refractivity contribution is -0.128. The van der Waals surface area contributed by atoms with Crippen LogP contribution in [0.25, 0.3) is 67.5 Å². The lowest BCUT2D eigenvalue weighted by atomic mass is 10.0. The number of nitrogens with zero attached hydrogens (tertiary/aromatic N) is 3. The van der Waals surface area contributed by atoms with Crippen molar-refractivity contribution >= 4 is 5.97 Å². The number of aromatic hydroxyl groups is 2. The standard InChI is InChI=1S/C42H29N3O4/c1-2-39(48)49-38-26-32(29-16-10-5-11-17-29)20-23-35(38)42-44-40(33-21-18-30(24-36(33)46)27-12-6-3-7-13-27)43-41(45-42)34-22-19-31(25-37(34)47)28-14-8-4-9-15-28/h2-26,46-47H,1H2. The van der Waals surface area contributed by atoms with Crippen LogP contribution in [0.2, 0.25) is 0 Å². The van der Waals surface area contributed by atoms with Crippen molar-refractivity contribution in [3.05, 3.63) is 158 Å². The highest BCUT2D eigenvalue weighted by Gasteiger charge is 2.21. The van der Waals surface area contributed by atoms with Crippen LogP contribution in [0.4, 0.5) is 0 Å². The Morgan fingerprint density at radius 3 is 1.24 bits per heavy atom. The molecule has 0 aliphatic rings. The van der Waals surface area contributed by atoms with E-state index in [9.17, 15) is 15.0 Å². The Kier molecular flexibility index (Phi) is 8.46. The van der Waals surface area contributed by atoms with E-state index in [1.165, 1.54) is 0 Å². The second kappa shape index (κ2) is 13.5. The first-order valence-corrected chi connectivity index (χ1v) is 15.5. The van der Waals surface area contributed by atoms with E-state index in [-0.39, 0.29) is 34.7 Å². The average Bonchev–Trinajstić information content (AvgIpc) is 3.15. The van der Waals surface area contributed by atoms with Crippen LogP contribution in [0.1, 0.15) is 0 Å². The Hall–Kier alpha value is -6.86. The number of carbonyl (C=O) groups excluding carboxylic acids is 1. The molecule has 6 aromatic carbocycles. The molecule has 7 rings (SSSR count). The second-order valence-electron chi connectivity index (χ2n) is 11.2. The monoisotopic (exact) mass is 639 g/mol. The normalized spacial score (nSPS) is 10.8. The Bertz CT molecular complexity index is 2200. The molecule has 0 amide bonds. The summed E-state index contributed by atoms with van der Waals surface area (Å²) in [6, 6.07) is 45.1. The summed E-state index contributed by atoms with van der Waals surface area (Å²) in [5.74, 6) is -0.0133. The molecule has 0 unspecified atom stereocenters. The van der Waals surface area contributed by atoms with Gasteiger partial charge >= 0.3 is 5.97 Å². The molecular weight excluding hydrogens is 610 g/mol. The highest BCUT2D eigenvalue weighted by molar-refractivity contribution is 5.86. The Balaban J connectivity index is 1.40. The molecule has 0 aliphatic heterocycles. The van der Waals surface area contributed by atoms with E-state index in [4.69, 9.17) is 19.7 Å². The van der Waals surface area contributed by atoms with Gasteiger partial charge in [0.15, 0.2) is 17.5 Å². The summed E-state index contributed by atoms with van der Waals surface area (Å²) in [6.45, 7) is 3.55. The summed E-state index contributed by atoms with van der Waals surface area (Å²) in [6.07, 6.45) is 1.09. The van der Waals surface area contributed by atoms with Crippen LogP contribution >= 0.6 is 0 Å². The van der Waals surface area contributed by atoms with Crippen LogP contribution < -0.4 is 4.74 Å². The molecule has 0 fully saturated rings. The molecule has 0 aliphatic carbocycles. The van der Waals surface area contributed by atoms with Crippen molar-refractivity contribution in [2.45, 2.75) is 0 Å². The summed E-state index contributed by atoms with van der Waals surface area (Å²) >= 11 is 0. The fraction of sp³-hybridized carbons (Fsp3) is 0. The van der Waals surface area contributed by atoms with Gasteiger partial charge in [0.05, 0.1) is 16.7 Å². The van der Waals surface area contributed by atoms with Crippen molar-refractivity contribution in [3.8, 4) is 84.8 Å². The first-order valence-electron chi connectivity index (χ1n) is 15.5. The van der Waals surface area contributed by atoms with E-state index < -0.39 is 5.97 Å². The number of phenols is 2. The lowest BCUT2D eigenvalue weighted by Crippen LogP contribution is -2.06. The van der Waals surface area contributed by atoms with Gasteiger partial charge in [-0.2, -0.15) is 0 Å². The maximum Gasteiger partial charge on any atom is 0.335 e. The first kappa shape index (κ1) is 30.8. The zero-order valence-corrected chi connectivity index (χ0v) is 26.2. The van der Waals surface area contributed by atoms with Crippen molar-refractivity contribution in [3.63, 3.8) is 0 Å². The number of rotatable bonds is 8. The number of phenolic OH excluding ortho intramolecular Hbond substituents is 2. The molecule has 1 aromatic heterocycles. The summed E-state index contributed by atoms with van der Waals surface area (Å²) in [7, 11) is 0. The Morgan fingerprint density at radius 1 is 0.490 bits per heavy atom. The van der Waals surface area contributed by atoms with Gasteiger partial charge in [-0.3, -0.25) is 0 Å². The van der Waals surface area contributed by atoms with E-state index in [1.54, 1.807) is 36.4 Å². The first-order chi connectivity index (χ1) is 24.0. The highest BCUT2D eigenvalue weighted by Crippen LogP contribution is 2.39. The highest BCUT2D eigenvalue weighted by atomic mass is 16.5. The minimum Gasteiger partial charge on any atom is -0.507 e. The molecule has 7 aromatic rings. The molecule has 0 radical (unpaired) electrons. The topological polar surface area (TPSA) is 105 Å². The minimum atomic E-state index is -0.649. The van der Waals surface area contributed by atoms with Crippen molar-refractivity contribution in [1.29, 1.82) is 0 Å². The quantitative estimate of drug-likeness (QED) is 0.0970. The number of ether oxygens (including phenoxy) is 1. The van der Waals surface area contributed by atoms with Gasteiger partial charge in [0, 0.05) is 6.08 Å². The largest absolute Gasteiger partial charge is 0.507 e. The molecule has 236 valence electrons. The van der Waals surface area contributed by atoms with Gasteiger partial charge in [-0.05, 0) is 69.8 Å². The number of benzene rings is 6. The Labute approximate surface area is 283 Å². The van der Waals surface area contributed by atoms with E-state index in [0.29, 0.717) is 16.7 Å². The fourth-order valence-electron chi connectivity index (χ4n) is 5.55. The molecule has 1 heterocycles. The van der Waals surface area contributed by atoms with Crippen LogP contribution in [0.5, 0.6) is 17.2 Å². The van der Waals surface area contributed by atoms with E-state index >= 15 is 0 Å². The van der Waals surface area contributed by atoms with Gasteiger partial charge in [0.25, 0.3) is 0 Å². The SMILES string of the molecule is C=CC(=O)Oc1cc(-c2ccccc2)ccc1-c1nc(-c2ccc(-c3ccccc3)cc2O)nc(-c2ccc(-c3ccccc3)cc2O)n1. The van der Waals surface area contributed by atoms with Gasteiger partial charge in [0.1, 0.15) is 17.2 Å². The summed E-state index contributed by atoms with van der Waals surface area (Å²) in [5.41, 5.74) is 6.38. The van der Waals surface area contributed by atoms with Crippen LogP contribution in [0.15, 0.2) is 158 Å². The maximum absolute atomic E-state index is 12.5. The third kappa shape index (κ3) is 6.54. The molecule has 49 heavy (non-hydrogen) atoms.